The molecule has 0 aromatic rings. The second kappa shape index (κ2) is 19.4. The molecule has 6 nitrogen and oxygen atoms in total. The first kappa shape index (κ1) is 30.9. The van der Waals surface area contributed by atoms with Gasteiger partial charge in [-0.25, -0.2) is 0 Å². The van der Waals surface area contributed by atoms with Crippen LogP contribution in [0.3, 0.4) is 0 Å². The van der Waals surface area contributed by atoms with E-state index in [0.29, 0.717) is 28.8 Å². The number of esters is 1. The monoisotopic (exact) mass is 481 g/mol. The maximum absolute atomic E-state index is 11.8. The molecule has 0 saturated heterocycles. The summed E-state index contributed by atoms with van der Waals surface area (Å²) in [6, 6.07) is 0. The topological polar surface area (TPSA) is 75.7 Å². The largest absolute Gasteiger partial charge is 0.770 e. The molecule has 1 unspecified atom stereocenters. The quantitative estimate of drug-likeness (QED) is 0.0825. The van der Waals surface area contributed by atoms with E-state index in [1.807, 2.05) is 21.1 Å². The minimum Gasteiger partial charge on any atom is -0.770 e. The summed E-state index contributed by atoms with van der Waals surface area (Å²) in [5.41, 5.74) is 0. The number of unbranched alkanes of at least 4 members (excludes halogenated alkanes) is 12. The van der Waals surface area contributed by atoms with Crippen LogP contribution in [0.15, 0.2) is 0 Å². The molecule has 0 aliphatic rings. The smallest absolute Gasteiger partial charge is 0.305 e. The van der Waals surface area contributed by atoms with Crippen LogP contribution in [0.4, 0.5) is 0 Å². The molecule has 0 aromatic heterocycles. The Labute approximate surface area is 195 Å². The third-order valence-corrected chi connectivity index (χ3v) is 8.07. The van der Waals surface area contributed by atoms with E-state index in [0.717, 1.165) is 12.8 Å². The van der Waals surface area contributed by atoms with Crippen molar-refractivity contribution in [3.8, 4) is 0 Å². The summed E-state index contributed by atoms with van der Waals surface area (Å²) in [6.07, 6.45) is 16.9. The normalized spacial score (nSPS) is 13.8. The number of hydrogen-bond acceptors (Lipinski definition) is 6. The van der Waals surface area contributed by atoms with Gasteiger partial charge < -0.3 is 18.6 Å². The van der Waals surface area contributed by atoms with Crippen LogP contribution in [-0.2, 0) is 18.6 Å². The van der Waals surface area contributed by atoms with Gasteiger partial charge in [-0.05, 0) is 6.42 Å². The number of hydrogen-bond donors (Lipinski definition) is 0. The zero-order valence-electron chi connectivity index (χ0n) is 20.6. The SMILES string of the molecule is CCCCCCCCCCCCCCCC(=O)OCCSP(=O)([O-])OCC[N+](C)(C)C. The number of likely N-dealkylation sites (N-methyl/N-ethyl adjacent to an activating group) is 1. The molecular weight excluding hydrogens is 433 g/mol. The molecule has 8 heteroatoms. The van der Waals surface area contributed by atoms with Crippen molar-refractivity contribution in [1.82, 2.24) is 0 Å². The molecule has 0 rings (SSSR count). The standard InChI is InChI=1S/C23H48NO5PS/c1-5-6-7-8-9-10-11-12-13-14-15-16-17-18-23(25)28-21-22-31-30(26,27)29-20-19-24(2,3)4/h5-22H2,1-4H3. The molecule has 0 spiro atoms. The van der Waals surface area contributed by atoms with Crippen LogP contribution >= 0.6 is 18.2 Å². The fourth-order valence-corrected chi connectivity index (χ4v) is 5.23. The van der Waals surface area contributed by atoms with Crippen LogP contribution in [0.5, 0.6) is 0 Å². The zero-order chi connectivity index (χ0) is 23.4. The number of ether oxygens (including phenoxy) is 1. The molecule has 0 radical (unpaired) electrons. The molecule has 1 atom stereocenters. The number of nitrogens with zero attached hydrogens (tertiary/aromatic N) is 1. The molecule has 0 fully saturated rings. The highest BCUT2D eigenvalue weighted by molar-refractivity contribution is 8.54. The highest BCUT2D eigenvalue weighted by Crippen LogP contribution is 2.51. The fraction of sp³-hybridized carbons (Fsp3) is 0.957. The average Bonchev–Trinajstić information content (AvgIpc) is 2.67. The summed E-state index contributed by atoms with van der Waals surface area (Å²) in [7, 11) is 5.93. The Kier molecular flexibility index (Phi) is 19.4. The Morgan fingerprint density at radius 2 is 1.32 bits per heavy atom. The summed E-state index contributed by atoms with van der Waals surface area (Å²) in [6.45, 7) is -0.791. The van der Waals surface area contributed by atoms with Gasteiger partial charge >= 0.3 is 5.97 Å². The Bertz CT molecular complexity index is 485. The minimum absolute atomic E-state index is 0.104. The number of quaternary nitrogens is 1. The maximum atomic E-state index is 11.8. The van der Waals surface area contributed by atoms with E-state index in [4.69, 9.17) is 9.26 Å². The summed E-state index contributed by atoms with van der Waals surface area (Å²) in [4.78, 5) is 23.5. The van der Waals surface area contributed by atoms with Crippen molar-refractivity contribution in [3.63, 3.8) is 0 Å². The van der Waals surface area contributed by atoms with Gasteiger partial charge in [-0.15, -0.1) is 0 Å². The number of carbonyl (C=O) groups excluding carboxylic acids is 1. The second-order valence-electron chi connectivity index (χ2n) is 9.34. The van der Waals surface area contributed by atoms with Gasteiger partial charge in [0.15, 0.2) is 6.80 Å². The van der Waals surface area contributed by atoms with Gasteiger partial charge in [0.05, 0.1) is 21.1 Å². The van der Waals surface area contributed by atoms with Gasteiger partial charge in [0.25, 0.3) is 0 Å². The van der Waals surface area contributed by atoms with Gasteiger partial charge in [-0.3, -0.25) is 9.36 Å². The van der Waals surface area contributed by atoms with Crippen molar-refractivity contribution < 1.29 is 28.0 Å². The Hall–Kier alpha value is -0.0700. The highest BCUT2D eigenvalue weighted by atomic mass is 32.7. The van der Waals surface area contributed by atoms with E-state index in [1.54, 1.807) is 0 Å². The first-order valence-corrected chi connectivity index (χ1v) is 15.4. The van der Waals surface area contributed by atoms with E-state index in [2.05, 4.69) is 6.92 Å². The molecule has 31 heavy (non-hydrogen) atoms. The van der Waals surface area contributed by atoms with E-state index in [-0.39, 0.29) is 24.9 Å². The first-order chi connectivity index (χ1) is 14.7. The van der Waals surface area contributed by atoms with Crippen LogP contribution in [0.25, 0.3) is 0 Å². The van der Waals surface area contributed by atoms with Crippen LogP contribution < -0.4 is 4.89 Å². The summed E-state index contributed by atoms with van der Waals surface area (Å²) in [5, 5.41) is 0. The summed E-state index contributed by atoms with van der Waals surface area (Å²) >= 11 is 0.712. The predicted octanol–water partition coefficient (Wildman–Crippen LogP) is 5.94. The molecule has 0 heterocycles. The lowest BCUT2D eigenvalue weighted by molar-refractivity contribution is -0.870. The molecule has 0 saturated carbocycles. The number of rotatable bonds is 22. The van der Waals surface area contributed by atoms with Crippen LogP contribution in [0.2, 0.25) is 0 Å². The van der Waals surface area contributed by atoms with Crippen molar-refractivity contribution in [2.75, 3.05) is 46.7 Å². The average molecular weight is 482 g/mol. The summed E-state index contributed by atoms with van der Waals surface area (Å²) < 4.78 is 22.5. The Morgan fingerprint density at radius 1 is 0.839 bits per heavy atom. The molecule has 0 aliphatic carbocycles. The molecule has 0 amide bonds. The zero-order valence-corrected chi connectivity index (χ0v) is 22.3. The molecule has 0 bridgehead atoms. The van der Waals surface area contributed by atoms with E-state index < -0.39 is 6.80 Å². The Morgan fingerprint density at radius 3 is 1.81 bits per heavy atom. The molecule has 0 aromatic carbocycles. The van der Waals surface area contributed by atoms with Crippen LogP contribution in [-0.4, -0.2) is 57.1 Å². The number of carbonyl (C=O) groups is 1. The second-order valence-corrected chi connectivity index (χ2v) is 13.3. The van der Waals surface area contributed by atoms with Crippen molar-refractivity contribution in [3.05, 3.63) is 0 Å². The van der Waals surface area contributed by atoms with E-state index >= 15 is 0 Å². The van der Waals surface area contributed by atoms with Gasteiger partial charge in [0.1, 0.15) is 19.8 Å². The van der Waals surface area contributed by atoms with Crippen molar-refractivity contribution in [1.29, 1.82) is 0 Å². The van der Waals surface area contributed by atoms with E-state index in [9.17, 15) is 14.3 Å². The molecule has 0 aliphatic heterocycles. The van der Waals surface area contributed by atoms with Gasteiger partial charge in [-0.2, -0.15) is 0 Å². The lowest BCUT2D eigenvalue weighted by Gasteiger charge is -2.27. The van der Waals surface area contributed by atoms with E-state index in [1.165, 1.54) is 70.6 Å². The first-order valence-electron chi connectivity index (χ1n) is 12.2. The third-order valence-electron chi connectivity index (χ3n) is 5.09. The van der Waals surface area contributed by atoms with Crippen molar-refractivity contribution >= 4 is 24.1 Å². The molecular formula is C23H48NO5PS. The van der Waals surface area contributed by atoms with Crippen LogP contribution in [0, 0.1) is 0 Å². The fourth-order valence-electron chi connectivity index (χ4n) is 3.13. The third kappa shape index (κ3) is 24.4. The summed E-state index contributed by atoms with van der Waals surface area (Å²) in [5.74, 6) is -0.0365. The lowest BCUT2D eigenvalue weighted by atomic mass is 10.0. The molecule has 0 N–H and O–H groups in total. The van der Waals surface area contributed by atoms with Crippen LogP contribution in [0.1, 0.15) is 96.8 Å². The highest BCUT2D eigenvalue weighted by Gasteiger charge is 2.13. The van der Waals surface area contributed by atoms with Crippen molar-refractivity contribution in [2.24, 2.45) is 0 Å². The maximum Gasteiger partial charge on any atom is 0.305 e. The lowest BCUT2D eigenvalue weighted by Crippen LogP contribution is -2.37. The van der Waals surface area contributed by atoms with Gasteiger partial charge in [0.2, 0.25) is 0 Å². The van der Waals surface area contributed by atoms with Crippen molar-refractivity contribution in [2.45, 2.75) is 96.8 Å². The Balaban J connectivity index is 3.44. The predicted molar refractivity (Wildman–Crippen MR) is 130 cm³/mol. The van der Waals surface area contributed by atoms with Gasteiger partial charge in [-0.1, -0.05) is 95.4 Å². The molecule has 186 valence electrons. The minimum atomic E-state index is -3.92. The van der Waals surface area contributed by atoms with Gasteiger partial charge in [0, 0.05) is 12.2 Å².